The summed E-state index contributed by atoms with van der Waals surface area (Å²) in [4.78, 5) is 11.4. The Morgan fingerprint density at radius 1 is 0.968 bits per heavy atom. The highest BCUT2D eigenvalue weighted by Crippen LogP contribution is 2.42. The van der Waals surface area contributed by atoms with Crippen molar-refractivity contribution < 1.29 is 0 Å². The van der Waals surface area contributed by atoms with E-state index in [1.54, 1.807) is 0 Å². The van der Waals surface area contributed by atoms with E-state index in [-0.39, 0.29) is 12.1 Å². The van der Waals surface area contributed by atoms with Crippen molar-refractivity contribution in [2.24, 2.45) is 0 Å². The number of hydrogen-bond donors (Lipinski definition) is 1. The van der Waals surface area contributed by atoms with Crippen LogP contribution < -0.4 is 10.2 Å². The molecule has 0 amide bonds. The lowest BCUT2D eigenvalue weighted by Gasteiger charge is -2.28. The first-order valence-electron chi connectivity index (χ1n) is 9.98. The van der Waals surface area contributed by atoms with Crippen LogP contribution >= 0.6 is 23.8 Å². The van der Waals surface area contributed by atoms with Gasteiger partial charge >= 0.3 is 0 Å². The molecule has 4 heterocycles. The van der Waals surface area contributed by atoms with Gasteiger partial charge in [-0.2, -0.15) is 0 Å². The third-order valence-corrected chi connectivity index (χ3v) is 6.00. The number of rotatable bonds is 4. The number of hydrogen-bond acceptors (Lipinski definition) is 3. The van der Waals surface area contributed by atoms with E-state index < -0.39 is 0 Å². The summed E-state index contributed by atoms with van der Waals surface area (Å²) in [5, 5.41) is 4.82. The van der Waals surface area contributed by atoms with Crippen molar-refractivity contribution in [3.05, 3.63) is 107 Å². The lowest BCUT2D eigenvalue weighted by molar-refractivity contribution is 0.548. The van der Waals surface area contributed by atoms with Gasteiger partial charge in [-0.1, -0.05) is 23.7 Å². The smallest absolute Gasteiger partial charge is 0.174 e. The van der Waals surface area contributed by atoms with Crippen molar-refractivity contribution in [2.75, 3.05) is 4.90 Å². The maximum atomic E-state index is 6.14. The second-order valence-corrected chi connectivity index (χ2v) is 8.29. The van der Waals surface area contributed by atoms with Crippen molar-refractivity contribution in [3.63, 3.8) is 0 Å². The van der Waals surface area contributed by atoms with Crippen molar-refractivity contribution in [1.29, 1.82) is 0 Å². The van der Waals surface area contributed by atoms with Gasteiger partial charge in [0.1, 0.15) is 11.9 Å². The number of nitrogens with zero attached hydrogens (tertiary/aromatic N) is 4. The summed E-state index contributed by atoms with van der Waals surface area (Å²) in [5.74, 6) is 0.860. The Balaban J connectivity index is 1.66. The zero-order valence-electron chi connectivity index (χ0n) is 16.8. The van der Waals surface area contributed by atoms with Gasteiger partial charge in [0, 0.05) is 35.0 Å². The van der Waals surface area contributed by atoms with Gasteiger partial charge in [0.2, 0.25) is 0 Å². The lowest BCUT2D eigenvalue weighted by Crippen LogP contribution is -2.30. The third kappa shape index (κ3) is 3.69. The van der Waals surface area contributed by atoms with E-state index in [1.165, 1.54) is 0 Å². The van der Waals surface area contributed by atoms with Crippen LogP contribution in [0.4, 0.5) is 5.69 Å². The first-order chi connectivity index (χ1) is 15.1. The maximum Gasteiger partial charge on any atom is 0.174 e. The molecule has 1 aliphatic rings. The molecule has 2 unspecified atom stereocenters. The van der Waals surface area contributed by atoms with Gasteiger partial charge in [-0.05, 0) is 79.3 Å². The lowest BCUT2D eigenvalue weighted by atomic mass is 10.0. The van der Waals surface area contributed by atoms with E-state index in [2.05, 4.69) is 36.9 Å². The van der Waals surface area contributed by atoms with Crippen LogP contribution in [0, 0.1) is 6.92 Å². The van der Waals surface area contributed by atoms with Crippen molar-refractivity contribution >= 4 is 34.6 Å². The number of aromatic nitrogens is 3. The second kappa shape index (κ2) is 8.13. The zero-order valence-corrected chi connectivity index (χ0v) is 18.4. The molecule has 0 aliphatic carbocycles. The molecule has 1 aromatic carbocycles. The SMILES string of the molecule is Cc1ccc(-n2cccc2C2C(c3ccccn3)NC(=S)N2c2ccc(Cl)cc2)nc1. The van der Waals surface area contributed by atoms with Crippen molar-refractivity contribution in [1.82, 2.24) is 19.9 Å². The van der Waals surface area contributed by atoms with Crippen LogP contribution in [-0.2, 0) is 0 Å². The van der Waals surface area contributed by atoms with Crippen LogP contribution in [0.3, 0.4) is 0 Å². The minimum Gasteiger partial charge on any atom is -0.351 e. The number of pyridine rings is 2. The van der Waals surface area contributed by atoms with Crippen molar-refractivity contribution in [3.8, 4) is 5.82 Å². The molecule has 5 nitrogen and oxygen atoms in total. The number of nitrogens with one attached hydrogen (secondary N) is 1. The molecule has 5 rings (SSSR count). The van der Waals surface area contributed by atoms with Crippen LogP contribution in [0.1, 0.15) is 29.0 Å². The number of benzene rings is 1. The first kappa shape index (κ1) is 19.7. The van der Waals surface area contributed by atoms with E-state index in [9.17, 15) is 0 Å². The summed E-state index contributed by atoms with van der Waals surface area (Å²) >= 11 is 11.9. The van der Waals surface area contributed by atoms with Crippen molar-refractivity contribution in [2.45, 2.75) is 19.0 Å². The van der Waals surface area contributed by atoms with E-state index in [0.717, 1.165) is 28.5 Å². The predicted molar refractivity (Wildman–Crippen MR) is 128 cm³/mol. The fourth-order valence-corrected chi connectivity index (χ4v) is 4.45. The quantitative estimate of drug-likeness (QED) is 0.426. The molecule has 1 saturated heterocycles. The molecule has 1 fully saturated rings. The first-order valence-corrected chi connectivity index (χ1v) is 10.8. The second-order valence-electron chi connectivity index (χ2n) is 7.47. The minimum absolute atomic E-state index is 0.122. The van der Waals surface area contributed by atoms with E-state index in [0.29, 0.717) is 10.1 Å². The fraction of sp³-hybridized carbons (Fsp3) is 0.125. The molecule has 0 saturated carbocycles. The summed E-state index contributed by atoms with van der Waals surface area (Å²) in [5.41, 5.74) is 4.08. The van der Waals surface area contributed by atoms with Gasteiger partial charge in [0.15, 0.2) is 5.11 Å². The maximum absolute atomic E-state index is 6.14. The topological polar surface area (TPSA) is 46.0 Å². The largest absolute Gasteiger partial charge is 0.351 e. The predicted octanol–water partition coefficient (Wildman–Crippen LogP) is 5.41. The molecule has 0 spiro atoms. The standard InChI is InChI=1S/C24H20ClN5S/c1-16-7-12-21(27-15-16)29-14-4-6-20(29)23-22(19-5-2-3-13-26-19)28-24(31)30(23)18-10-8-17(25)9-11-18/h2-15,22-23H,1H3,(H,28,31). The molecular weight excluding hydrogens is 426 g/mol. The average molecular weight is 446 g/mol. The average Bonchev–Trinajstić information content (AvgIpc) is 3.40. The van der Waals surface area contributed by atoms with Gasteiger partial charge in [0.05, 0.1) is 11.7 Å². The number of thiocarbonyl (C=S) groups is 1. The molecule has 0 radical (unpaired) electrons. The Morgan fingerprint density at radius 3 is 2.52 bits per heavy atom. The van der Waals surface area contributed by atoms with E-state index in [4.69, 9.17) is 23.8 Å². The summed E-state index contributed by atoms with van der Waals surface area (Å²) in [6.45, 7) is 2.03. The molecular formula is C24H20ClN5S. The van der Waals surface area contributed by atoms with Gasteiger partial charge in [-0.15, -0.1) is 0 Å². The zero-order chi connectivity index (χ0) is 21.4. The van der Waals surface area contributed by atoms with Crippen LogP contribution in [0.15, 0.2) is 85.3 Å². The highest BCUT2D eigenvalue weighted by Gasteiger charge is 2.42. The monoisotopic (exact) mass is 445 g/mol. The number of halogens is 1. The van der Waals surface area contributed by atoms with Crippen LogP contribution in [-0.4, -0.2) is 19.6 Å². The summed E-state index contributed by atoms with van der Waals surface area (Å²) < 4.78 is 2.11. The Kier molecular flexibility index (Phi) is 5.18. The Morgan fingerprint density at radius 2 is 1.81 bits per heavy atom. The summed E-state index contributed by atoms with van der Waals surface area (Å²) in [7, 11) is 0. The van der Waals surface area contributed by atoms with Gasteiger partial charge < -0.3 is 14.8 Å². The normalized spacial score (nSPS) is 18.3. The van der Waals surface area contributed by atoms with E-state index in [1.807, 2.05) is 80.1 Å². The Labute approximate surface area is 191 Å². The Hall–Kier alpha value is -3.22. The molecule has 0 bridgehead atoms. The number of anilines is 1. The highest BCUT2D eigenvalue weighted by molar-refractivity contribution is 7.80. The molecule has 4 aromatic rings. The highest BCUT2D eigenvalue weighted by atomic mass is 35.5. The van der Waals surface area contributed by atoms with Crippen LogP contribution in [0.25, 0.3) is 5.82 Å². The fourth-order valence-electron chi connectivity index (χ4n) is 3.98. The van der Waals surface area contributed by atoms with Gasteiger partial charge in [0.25, 0.3) is 0 Å². The molecule has 1 N–H and O–H groups in total. The molecule has 1 aliphatic heterocycles. The minimum atomic E-state index is -0.123. The van der Waals surface area contributed by atoms with Gasteiger partial charge in [-0.3, -0.25) is 4.98 Å². The Bertz CT molecular complexity index is 1200. The van der Waals surface area contributed by atoms with E-state index >= 15 is 0 Å². The summed E-state index contributed by atoms with van der Waals surface area (Å²) in [6.07, 6.45) is 5.72. The third-order valence-electron chi connectivity index (χ3n) is 5.43. The molecule has 31 heavy (non-hydrogen) atoms. The molecule has 3 aromatic heterocycles. The number of aryl methyl sites for hydroxylation is 1. The van der Waals surface area contributed by atoms with Crippen LogP contribution in [0.2, 0.25) is 5.02 Å². The van der Waals surface area contributed by atoms with Crippen LogP contribution in [0.5, 0.6) is 0 Å². The summed E-state index contributed by atoms with van der Waals surface area (Å²) in [6, 6.07) is 21.7. The van der Waals surface area contributed by atoms with Gasteiger partial charge in [-0.25, -0.2) is 4.98 Å². The molecule has 2 atom stereocenters. The molecule has 7 heteroatoms. The molecule has 154 valence electrons.